The van der Waals surface area contributed by atoms with E-state index in [1.54, 1.807) is 0 Å². The second-order valence-corrected chi connectivity index (χ2v) is 3.74. The normalized spacial score (nSPS) is 16.1. The lowest BCUT2D eigenvalue weighted by atomic mass is 9.99. The van der Waals surface area contributed by atoms with Crippen LogP contribution in [0.2, 0.25) is 0 Å². The van der Waals surface area contributed by atoms with E-state index < -0.39 is 24.0 Å². The molecule has 94 valence electrons. The molecule has 1 amide bonds. The highest BCUT2D eigenvalue weighted by molar-refractivity contribution is 5.87. The Hall–Kier alpha value is -1.14. The summed E-state index contributed by atoms with van der Waals surface area (Å²) in [5.74, 6) is -0.911. The number of nitrogens with two attached hydrogens (primary N) is 2. The summed E-state index contributed by atoms with van der Waals surface area (Å²) in [5, 5.41) is 2.55. The minimum Gasteiger partial charge on any atom is -0.467 e. The van der Waals surface area contributed by atoms with Gasteiger partial charge in [-0.2, -0.15) is 0 Å². The molecule has 0 bridgehead atoms. The van der Waals surface area contributed by atoms with Crippen molar-refractivity contribution in [1.82, 2.24) is 5.32 Å². The van der Waals surface area contributed by atoms with Gasteiger partial charge in [0.1, 0.15) is 6.04 Å². The molecule has 0 unspecified atom stereocenters. The van der Waals surface area contributed by atoms with Gasteiger partial charge in [-0.1, -0.05) is 20.3 Å². The molecule has 0 saturated carbocycles. The molecular formula is C10H21N3O3. The number of methoxy groups -OCH3 is 1. The average Bonchev–Trinajstić information content (AvgIpc) is 2.32. The molecule has 0 radical (unpaired) electrons. The van der Waals surface area contributed by atoms with Gasteiger partial charge >= 0.3 is 5.97 Å². The molecule has 0 rings (SSSR count). The summed E-state index contributed by atoms with van der Waals surface area (Å²) in [6.07, 6.45) is 0.748. The molecule has 0 aromatic carbocycles. The van der Waals surface area contributed by atoms with Crippen molar-refractivity contribution in [2.75, 3.05) is 13.7 Å². The largest absolute Gasteiger partial charge is 0.467 e. The van der Waals surface area contributed by atoms with Crippen molar-refractivity contribution in [2.24, 2.45) is 17.4 Å². The van der Waals surface area contributed by atoms with Gasteiger partial charge in [-0.3, -0.25) is 4.79 Å². The van der Waals surface area contributed by atoms with Crippen molar-refractivity contribution in [3.05, 3.63) is 0 Å². The monoisotopic (exact) mass is 231 g/mol. The van der Waals surface area contributed by atoms with Crippen molar-refractivity contribution >= 4 is 11.9 Å². The van der Waals surface area contributed by atoms with Crippen molar-refractivity contribution < 1.29 is 14.3 Å². The maximum atomic E-state index is 11.5. The number of hydrogen-bond donors (Lipinski definition) is 3. The number of amides is 1. The van der Waals surface area contributed by atoms with Crippen LogP contribution in [-0.2, 0) is 14.3 Å². The van der Waals surface area contributed by atoms with Crippen LogP contribution in [0.1, 0.15) is 20.3 Å². The van der Waals surface area contributed by atoms with Gasteiger partial charge in [-0.15, -0.1) is 0 Å². The summed E-state index contributed by atoms with van der Waals surface area (Å²) in [6.45, 7) is 3.83. The maximum Gasteiger partial charge on any atom is 0.328 e. The second kappa shape index (κ2) is 7.19. The molecule has 0 aliphatic heterocycles. The Labute approximate surface area is 95.7 Å². The number of esters is 1. The summed E-state index contributed by atoms with van der Waals surface area (Å²) in [5.41, 5.74) is 10.7. The van der Waals surface area contributed by atoms with Crippen LogP contribution in [0.25, 0.3) is 0 Å². The highest BCUT2D eigenvalue weighted by Gasteiger charge is 2.27. The molecule has 3 atom stereocenters. The van der Waals surface area contributed by atoms with Crippen molar-refractivity contribution in [1.29, 1.82) is 0 Å². The summed E-state index contributed by atoms with van der Waals surface area (Å²) >= 11 is 0. The molecule has 16 heavy (non-hydrogen) atoms. The van der Waals surface area contributed by atoms with E-state index in [0.29, 0.717) is 0 Å². The number of nitrogens with one attached hydrogen (secondary N) is 1. The minimum absolute atomic E-state index is 0.0126. The first-order valence-corrected chi connectivity index (χ1v) is 5.31. The van der Waals surface area contributed by atoms with E-state index in [1.165, 1.54) is 7.11 Å². The number of ether oxygens (including phenoxy) is 1. The summed E-state index contributed by atoms with van der Waals surface area (Å²) < 4.78 is 4.62. The van der Waals surface area contributed by atoms with Crippen LogP contribution < -0.4 is 16.8 Å². The van der Waals surface area contributed by atoms with E-state index in [0.717, 1.165) is 6.42 Å². The van der Waals surface area contributed by atoms with Crippen LogP contribution in [0.3, 0.4) is 0 Å². The fourth-order valence-electron chi connectivity index (χ4n) is 1.16. The van der Waals surface area contributed by atoms with E-state index in [1.807, 2.05) is 13.8 Å². The van der Waals surface area contributed by atoms with Crippen LogP contribution in [0.5, 0.6) is 0 Å². The second-order valence-electron chi connectivity index (χ2n) is 3.74. The predicted molar refractivity (Wildman–Crippen MR) is 60.4 cm³/mol. The fraction of sp³-hybridized carbons (Fsp3) is 0.800. The van der Waals surface area contributed by atoms with Gasteiger partial charge in [0.2, 0.25) is 5.91 Å². The molecule has 0 aromatic rings. The molecule has 6 heteroatoms. The minimum atomic E-state index is -0.795. The molecule has 0 heterocycles. The molecular weight excluding hydrogens is 210 g/mol. The highest BCUT2D eigenvalue weighted by Crippen LogP contribution is 2.09. The quantitative estimate of drug-likeness (QED) is 0.507. The number of rotatable bonds is 6. The third-order valence-corrected chi connectivity index (χ3v) is 2.56. The Morgan fingerprint density at radius 3 is 2.38 bits per heavy atom. The molecule has 0 saturated heterocycles. The van der Waals surface area contributed by atoms with Crippen molar-refractivity contribution in [3.63, 3.8) is 0 Å². The molecule has 5 N–H and O–H groups in total. The van der Waals surface area contributed by atoms with Crippen molar-refractivity contribution in [3.8, 4) is 0 Å². The van der Waals surface area contributed by atoms with Gasteiger partial charge in [-0.25, -0.2) is 4.79 Å². The third-order valence-electron chi connectivity index (χ3n) is 2.56. The topological polar surface area (TPSA) is 107 Å². The van der Waals surface area contributed by atoms with Gasteiger partial charge < -0.3 is 21.5 Å². The first-order valence-electron chi connectivity index (χ1n) is 5.31. The van der Waals surface area contributed by atoms with Crippen LogP contribution in [0.4, 0.5) is 0 Å². The lowest BCUT2D eigenvalue weighted by Crippen LogP contribution is -2.53. The number of hydrogen-bond acceptors (Lipinski definition) is 5. The van der Waals surface area contributed by atoms with Gasteiger partial charge in [0.25, 0.3) is 0 Å². The lowest BCUT2D eigenvalue weighted by Gasteiger charge is -2.23. The van der Waals surface area contributed by atoms with Crippen LogP contribution in [0.15, 0.2) is 0 Å². The Morgan fingerprint density at radius 1 is 1.44 bits per heavy atom. The summed E-state index contributed by atoms with van der Waals surface area (Å²) in [6, 6.07) is -1.46. The van der Waals surface area contributed by atoms with E-state index in [9.17, 15) is 9.59 Å². The predicted octanol–water partition coefficient (Wildman–Crippen LogP) is -1.02. The molecule has 0 aliphatic carbocycles. The van der Waals surface area contributed by atoms with Gasteiger partial charge in [-0.05, 0) is 5.92 Å². The Balaban J connectivity index is 4.55. The standard InChI is InChI=1S/C10H21N3O3/c1-4-6(2)8(10(15)16-3)13-9(14)7(12)5-11/h6-8H,4-5,11-12H2,1-3H3,(H,13,14)/t6-,7-,8-/m0/s1. The summed E-state index contributed by atoms with van der Waals surface area (Å²) in [7, 11) is 1.28. The smallest absolute Gasteiger partial charge is 0.328 e. The average molecular weight is 231 g/mol. The Morgan fingerprint density at radius 2 is 2.00 bits per heavy atom. The number of carbonyl (C=O) groups is 2. The maximum absolute atomic E-state index is 11.5. The molecule has 0 spiro atoms. The molecule has 0 fully saturated rings. The molecule has 6 nitrogen and oxygen atoms in total. The zero-order valence-corrected chi connectivity index (χ0v) is 10.0. The Bertz CT molecular complexity index is 245. The lowest BCUT2D eigenvalue weighted by molar-refractivity contribution is -0.146. The van der Waals surface area contributed by atoms with E-state index in [2.05, 4.69) is 10.1 Å². The van der Waals surface area contributed by atoms with Gasteiger partial charge in [0.05, 0.1) is 13.2 Å². The first-order chi connectivity index (χ1) is 7.47. The fourth-order valence-corrected chi connectivity index (χ4v) is 1.16. The zero-order valence-electron chi connectivity index (χ0n) is 10.0. The van der Waals surface area contributed by atoms with E-state index in [-0.39, 0.29) is 12.5 Å². The van der Waals surface area contributed by atoms with E-state index in [4.69, 9.17) is 11.5 Å². The molecule has 0 aromatic heterocycles. The SMILES string of the molecule is CC[C@H](C)[C@H](NC(=O)[C@@H](N)CN)C(=O)OC. The van der Waals surface area contributed by atoms with Gasteiger partial charge in [0.15, 0.2) is 0 Å². The summed E-state index contributed by atoms with van der Waals surface area (Å²) in [4.78, 5) is 23.0. The zero-order chi connectivity index (χ0) is 12.7. The van der Waals surface area contributed by atoms with Crippen molar-refractivity contribution in [2.45, 2.75) is 32.4 Å². The highest BCUT2D eigenvalue weighted by atomic mass is 16.5. The third kappa shape index (κ3) is 4.16. The Kier molecular flexibility index (Phi) is 6.67. The van der Waals surface area contributed by atoms with E-state index >= 15 is 0 Å². The number of carbonyl (C=O) groups excluding carboxylic acids is 2. The van der Waals surface area contributed by atoms with Crippen LogP contribution >= 0.6 is 0 Å². The van der Waals surface area contributed by atoms with Gasteiger partial charge in [0, 0.05) is 6.54 Å². The van der Waals surface area contributed by atoms with Crippen LogP contribution in [0, 0.1) is 5.92 Å². The molecule has 0 aliphatic rings. The first kappa shape index (κ1) is 14.9. The van der Waals surface area contributed by atoms with Crippen LogP contribution in [-0.4, -0.2) is 37.6 Å².